The Kier molecular flexibility index (Phi) is 6.23. The van der Waals surface area contributed by atoms with E-state index in [1.165, 1.54) is 39.5 Å². The molecule has 4 rings (SSSR count). The van der Waals surface area contributed by atoms with Gasteiger partial charge in [0.2, 0.25) is 0 Å². The zero-order valence-electron chi connectivity index (χ0n) is 18.7. The van der Waals surface area contributed by atoms with Gasteiger partial charge in [-0.2, -0.15) is 0 Å². The number of rotatable bonds is 6. The molecular formula is C26H22FNO6. The smallest absolute Gasteiger partial charge is 0.300 e. The lowest BCUT2D eigenvalue weighted by atomic mass is 9.94. The molecule has 1 atom stereocenters. The number of carbonyl (C=O) groups excluding carboxylic acids is 2. The number of ketones is 1. The minimum absolute atomic E-state index is 0.0416. The highest BCUT2D eigenvalue weighted by Gasteiger charge is 2.48. The first-order valence-electron chi connectivity index (χ1n) is 10.3. The van der Waals surface area contributed by atoms with Crippen molar-refractivity contribution >= 4 is 23.1 Å². The fourth-order valence-corrected chi connectivity index (χ4v) is 4.07. The number of nitrogens with zero attached hydrogens (tertiary/aromatic N) is 1. The summed E-state index contributed by atoms with van der Waals surface area (Å²) in [5.41, 5.74) is 0.138. The molecule has 1 N–H and O–H groups in total. The number of benzene rings is 3. The van der Waals surface area contributed by atoms with Crippen LogP contribution in [0.4, 0.5) is 10.1 Å². The van der Waals surface area contributed by atoms with E-state index in [1.807, 2.05) is 0 Å². The number of aliphatic hydroxyl groups is 1. The molecule has 7 nitrogen and oxygen atoms in total. The lowest BCUT2D eigenvalue weighted by Crippen LogP contribution is -2.29. The Balaban J connectivity index is 2.03. The minimum atomic E-state index is -1.25. The Hall–Kier alpha value is -4.33. The van der Waals surface area contributed by atoms with Gasteiger partial charge in [0.25, 0.3) is 11.7 Å². The molecule has 0 spiro atoms. The van der Waals surface area contributed by atoms with E-state index in [0.29, 0.717) is 11.4 Å². The number of hydrogen-bond acceptors (Lipinski definition) is 6. The van der Waals surface area contributed by atoms with Crippen LogP contribution in [0.3, 0.4) is 0 Å². The van der Waals surface area contributed by atoms with E-state index in [1.54, 1.807) is 48.5 Å². The molecule has 1 unspecified atom stereocenters. The molecule has 34 heavy (non-hydrogen) atoms. The summed E-state index contributed by atoms with van der Waals surface area (Å²) in [6, 6.07) is 15.8. The van der Waals surface area contributed by atoms with Crippen molar-refractivity contribution in [2.24, 2.45) is 0 Å². The van der Waals surface area contributed by atoms with Gasteiger partial charge < -0.3 is 19.3 Å². The molecule has 1 aliphatic rings. The standard InChI is InChI=1S/C26H22FNO6/c1-32-16-9-6-8-15(14-16)28-23(17-10-4-5-11-18(17)27)22(25(30)26(28)31)24(29)21-19(33-2)12-7-13-20(21)34-3/h4-14,23,29H,1-3H3/b24-22+. The first kappa shape index (κ1) is 22.8. The quantitative estimate of drug-likeness (QED) is 0.330. The normalized spacial score (nSPS) is 17.1. The van der Waals surface area contributed by atoms with E-state index in [-0.39, 0.29) is 28.2 Å². The maximum absolute atomic E-state index is 15.0. The zero-order chi connectivity index (χ0) is 24.4. The minimum Gasteiger partial charge on any atom is -0.506 e. The fraction of sp³-hybridized carbons (Fsp3) is 0.154. The molecule has 1 heterocycles. The summed E-state index contributed by atoms with van der Waals surface area (Å²) >= 11 is 0. The molecule has 1 fully saturated rings. The topological polar surface area (TPSA) is 85.3 Å². The van der Waals surface area contributed by atoms with Crippen LogP contribution < -0.4 is 19.1 Å². The second kappa shape index (κ2) is 9.27. The van der Waals surface area contributed by atoms with Crippen LogP contribution in [0.1, 0.15) is 17.2 Å². The van der Waals surface area contributed by atoms with Gasteiger partial charge in [-0.1, -0.05) is 30.3 Å². The van der Waals surface area contributed by atoms with Crippen molar-refractivity contribution in [2.75, 3.05) is 26.2 Å². The van der Waals surface area contributed by atoms with E-state index < -0.39 is 29.3 Å². The van der Waals surface area contributed by atoms with Gasteiger partial charge in [-0.25, -0.2) is 4.39 Å². The van der Waals surface area contributed by atoms with Crippen molar-refractivity contribution < 1.29 is 33.3 Å². The van der Waals surface area contributed by atoms with Crippen molar-refractivity contribution in [3.05, 3.63) is 89.2 Å². The number of hydrogen-bond donors (Lipinski definition) is 1. The van der Waals surface area contributed by atoms with Crippen LogP contribution in [0, 0.1) is 5.82 Å². The second-order valence-electron chi connectivity index (χ2n) is 7.43. The number of ether oxygens (including phenoxy) is 3. The van der Waals surface area contributed by atoms with Gasteiger partial charge in [0.1, 0.15) is 34.4 Å². The van der Waals surface area contributed by atoms with Crippen molar-refractivity contribution in [2.45, 2.75) is 6.04 Å². The highest BCUT2D eigenvalue weighted by Crippen LogP contribution is 2.46. The van der Waals surface area contributed by atoms with Crippen LogP contribution in [-0.2, 0) is 9.59 Å². The summed E-state index contributed by atoms with van der Waals surface area (Å²) in [6.45, 7) is 0. The van der Waals surface area contributed by atoms with Gasteiger partial charge in [0.05, 0.1) is 32.9 Å². The summed E-state index contributed by atoms with van der Waals surface area (Å²) < 4.78 is 31.0. The highest BCUT2D eigenvalue weighted by atomic mass is 19.1. The Morgan fingerprint density at radius 3 is 2.15 bits per heavy atom. The Morgan fingerprint density at radius 1 is 0.882 bits per heavy atom. The number of amides is 1. The molecular weight excluding hydrogens is 441 g/mol. The average molecular weight is 463 g/mol. The molecule has 0 bridgehead atoms. The Morgan fingerprint density at radius 2 is 1.53 bits per heavy atom. The number of aliphatic hydroxyl groups excluding tert-OH is 1. The predicted octanol–water partition coefficient (Wildman–Crippen LogP) is 4.48. The monoisotopic (exact) mass is 463 g/mol. The summed E-state index contributed by atoms with van der Waals surface area (Å²) in [7, 11) is 4.26. The van der Waals surface area contributed by atoms with Gasteiger partial charge in [-0.15, -0.1) is 0 Å². The van der Waals surface area contributed by atoms with Crippen LogP contribution in [-0.4, -0.2) is 38.1 Å². The predicted molar refractivity (Wildman–Crippen MR) is 124 cm³/mol. The number of carbonyl (C=O) groups is 2. The third-order valence-corrected chi connectivity index (χ3v) is 5.64. The van der Waals surface area contributed by atoms with Gasteiger partial charge in [-0.05, 0) is 30.3 Å². The summed E-state index contributed by atoms with van der Waals surface area (Å²) in [4.78, 5) is 27.7. The first-order valence-corrected chi connectivity index (χ1v) is 10.3. The van der Waals surface area contributed by atoms with Gasteiger partial charge >= 0.3 is 0 Å². The molecule has 1 aliphatic heterocycles. The molecule has 3 aromatic carbocycles. The summed E-state index contributed by atoms with van der Waals surface area (Å²) in [5.74, 6) is -2.18. The average Bonchev–Trinajstić information content (AvgIpc) is 3.13. The van der Waals surface area contributed by atoms with Crippen LogP contribution in [0.5, 0.6) is 17.2 Å². The summed E-state index contributed by atoms with van der Waals surface area (Å²) in [6.07, 6.45) is 0. The first-order chi connectivity index (χ1) is 16.4. The van der Waals surface area contributed by atoms with E-state index in [0.717, 1.165) is 4.90 Å². The van der Waals surface area contributed by atoms with E-state index in [4.69, 9.17) is 14.2 Å². The molecule has 174 valence electrons. The lowest BCUT2D eigenvalue weighted by Gasteiger charge is -2.26. The van der Waals surface area contributed by atoms with Gasteiger partial charge in [0.15, 0.2) is 0 Å². The maximum atomic E-state index is 15.0. The number of halogens is 1. The molecule has 0 radical (unpaired) electrons. The lowest BCUT2D eigenvalue weighted by molar-refractivity contribution is -0.132. The van der Waals surface area contributed by atoms with Crippen LogP contribution >= 0.6 is 0 Å². The molecule has 1 amide bonds. The summed E-state index contributed by atoms with van der Waals surface area (Å²) in [5, 5.41) is 11.4. The SMILES string of the molecule is COc1cccc(N2C(=O)C(=O)/C(=C(/O)c3c(OC)cccc3OC)C2c2ccccc2F)c1. The van der Waals surface area contributed by atoms with Crippen molar-refractivity contribution in [1.29, 1.82) is 0 Å². The van der Waals surface area contributed by atoms with Crippen LogP contribution in [0.15, 0.2) is 72.3 Å². The Labute approximate surface area is 195 Å². The van der Waals surface area contributed by atoms with Crippen molar-refractivity contribution in [3.8, 4) is 17.2 Å². The molecule has 0 saturated carbocycles. The number of anilines is 1. The van der Waals surface area contributed by atoms with Gasteiger partial charge in [-0.3, -0.25) is 14.5 Å². The zero-order valence-corrected chi connectivity index (χ0v) is 18.7. The van der Waals surface area contributed by atoms with Gasteiger partial charge in [0, 0.05) is 17.3 Å². The molecule has 3 aromatic rings. The second-order valence-corrected chi connectivity index (χ2v) is 7.43. The fourth-order valence-electron chi connectivity index (χ4n) is 4.07. The van der Waals surface area contributed by atoms with Crippen LogP contribution in [0.2, 0.25) is 0 Å². The highest BCUT2D eigenvalue weighted by molar-refractivity contribution is 6.51. The molecule has 0 aliphatic carbocycles. The van der Waals surface area contributed by atoms with Crippen LogP contribution in [0.25, 0.3) is 5.76 Å². The third-order valence-electron chi connectivity index (χ3n) is 5.64. The number of methoxy groups -OCH3 is 3. The molecule has 1 saturated heterocycles. The van der Waals surface area contributed by atoms with E-state index >= 15 is 4.39 Å². The largest absolute Gasteiger partial charge is 0.506 e. The van der Waals surface area contributed by atoms with Crippen molar-refractivity contribution in [3.63, 3.8) is 0 Å². The third kappa shape index (κ3) is 3.73. The van der Waals surface area contributed by atoms with E-state index in [9.17, 15) is 14.7 Å². The maximum Gasteiger partial charge on any atom is 0.300 e. The molecule has 8 heteroatoms. The number of Topliss-reactive ketones (excluding diaryl/α,β-unsaturated/α-hetero) is 1. The van der Waals surface area contributed by atoms with E-state index in [2.05, 4.69) is 0 Å². The van der Waals surface area contributed by atoms with Crippen molar-refractivity contribution in [1.82, 2.24) is 0 Å². The Bertz CT molecular complexity index is 1280. The molecule has 0 aromatic heterocycles.